The van der Waals surface area contributed by atoms with Gasteiger partial charge in [-0.1, -0.05) is 90.4 Å². The van der Waals surface area contributed by atoms with Gasteiger partial charge in [0.1, 0.15) is 12.7 Å². The minimum Gasteiger partial charge on any atom is -0.464 e. The fourth-order valence-electron chi connectivity index (χ4n) is 12.0. The Kier molecular flexibility index (Phi) is 7.30. The van der Waals surface area contributed by atoms with Gasteiger partial charge in [0.05, 0.1) is 5.41 Å². The van der Waals surface area contributed by atoms with Crippen molar-refractivity contribution in [3.8, 4) is 0 Å². The average molecular weight is 575 g/mol. The van der Waals surface area contributed by atoms with E-state index < -0.39 is 5.41 Å². The smallest absolute Gasteiger partial charge is 0.313 e. The zero-order valence-corrected chi connectivity index (χ0v) is 27.2. The van der Waals surface area contributed by atoms with Crippen molar-refractivity contribution in [2.45, 2.75) is 119 Å². The van der Waals surface area contributed by atoms with Crippen LogP contribution in [0.5, 0.6) is 0 Å². The quantitative estimate of drug-likeness (QED) is 0.200. The molecule has 5 aliphatic carbocycles. The van der Waals surface area contributed by atoms with Crippen molar-refractivity contribution in [1.82, 2.24) is 0 Å². The summed E-state index contributed by atoms with van der Waals surface area (Å²) in [5, 5.41) is 0. The van der Waals surface area contributed by atoms with Gasteiger partial charge in [-0.3, -0.25) is 9.59 Å². The van der Waals surface area contributed by atoms with Gasteiger partial charge in [-0.2, -0.15) is 0 Å². The molecule has 5 aliphatic rings. The summed E-state index contributed by atoms with van der Waals surface area (Å²) in [7, 11) is 0. The number of benzene rings is 1. The number of ether oxygens (including phenoxy) is 2. The Morgan fingerprint density at radius 2 is 1.64 bits per heavy atom. The summed E-state index contributed by atoms with van der Waals surface area (Å²) in [6, 6.07) is 10.1. The summed E-state index contributed by atoms with van der Waals surface area (Å²) in [4.78, 5) is 25.6. The van der Waals surface area contributed by atoms with Gasteiger partial charge < -0.3 is 9.47 Å². The lowest BCUT2D eigenvalue weighted by molar-refractivity contribution is -0.211. The maximum Gasteiger partial charge on any atom is 0.313 e. The van der Waals surface area contributed by atoms with E-state index in [-0.39, 0.29) is 39.7 Å². The van der Waals surface area contributed by atoms with Gasteiger partial charge in [0.25, 0.3) is 6.47 Å². The Morgan fingerprint density at radius 1 is 0.905 bits per heavy atom. The van der Waals surface area contributed by atoms with Crippen LogP contribution in [0.1, 0.15) is 112 Å². The van der Waals surface area contributed by atoms with E-state index in [9.17, 15) is 9.59 Å². The SMILES string of the molecule is CC1C2C3=CCC4C5(C)CCC(OC=O)C(C)(C)C5CCC4(C)[C@]3(C)CCC2(C(=O)OCc2ccccc2)CC[C@H]1C. The molecular weight excluding hydrogens is 520 g/mol. The molecule has 1 aromatic rings. The molecule has 8 unspecified atom stereocenters. The molecule has 10 atom stereocenters. The lowest BCUT2D eigenvalue weighted by Crippen LogP contribution is -2.65. The van der Waals surface area contributed by atoms with Crippen molar-refractivity contribution in [1.29, 1.82) is 0 Å². The third kappa shape index (κ3) is 4.05. The Morgan fingerprint density at radius 3 is 2.36 bits per heavy atom. The highest BCUT2D eigenvalue weighted by Gasteiger charge is 2.69. The first-order chi connectivity index (χ1) is 19.8. The number of fused-ring (bicyclic) bond motifs is 7. The normalized spacial score (nSPS) is 45.6. The van der Waals surface area contributed by atoms with Crippen molar-refractivity contribution < 1.29 is 19.1 Å². The van der Waals surface area contributed by atoms with E-state index in [0.717, 1.165) is 50.5 Å². The van der Waals surface area contributed by atoms with Gasteiger partial charge in [0, 0.05) is 5.41 Å². The van der Waals surface area contributed by atoms with Gasteiger partial charge >= 0.3 is 5.97 Å². The molecule has 0 heterocycles. The minimum atomic E-state index is -0.414. The molecule has 0 bridgehead atoms. The third-order valence-corrected chi connectivity index (χ3v) is 14.8. The van der Waals surface area contributed by atoms with E-state index in [1.54, 1.807) is 5.57 Å². The highest BCUT2D eigenvalue weighted by Crippen LogP contribution is 2.76. The topological polar surface area (TPSA) is 52.6 Å². The lowest BCUT2D eigenvalue weighted by atomic mass is 9.33. The van der Waals surface area contributed by atoms with Crippen LogP contribution < -0.4 is 0 Å². The molecular formula is C38H54O4. The summed E-state index contributed by atoms with van der Waals surface area (Å²) in [5.41, 5.74) is 2.66. The maximum absolute atomic E-state index is 14.2. The molecule has 0 spiro atoms. The summed E-state index contributed by atoms with van der Waals surface area (Å²) >= 11 is 0. The molecule has 6 rings (SSSR count). The molecule has 1 aromatic carbocycles. The minimum absolute atomic E-state index is 0.00415. The zero-order chi connectivity index (χ0) is 30.1. The maximum atomic E-state index is 14.2. The number of carbonyl (C=O) groups is 2. The summed E-state index contributed by atoms with van der Waals surface area (Å²) in [5.74, 6) is 2.46. The molecule has 4 saturated carbocycles. The molecule has 230 valence electrons. The predicted octanol–water partition coefficient (Wildman–Crippen LogP) is 8.93. The second kappa shape index (κ2) is 10.2. The molecule has 4 fully saturated rings. The summed E-state index contributed by atoms with van der Waals surface area (Å²) in [6.07, 6.45) is 12.2. The standard InChI is InChI=1S/C38H54O4/c1-25-15-20-38(33(40)41-23-27-11-9-8-10-12-27)22-21-36(6)28(32(38)26(25)2)13-14-30-35(5)18-17-31(42-24-39)34(3,4)29(35)16-19-37(30,36)7/h8-13,24-26,29-32H,14-23H2,1-7H3/t25-,26?,29?,30?,31?,32?,35?,36-,37?,38?/m1/s1. The first-order valence-corrected chi connectivity index (χ1v) is 16.9. The van der Waals surface area contributed by atoms with Gasteiger partial charge in [-0.05, 0) is 109 Å². The van der Waals surface area contributed by atoms with Crippen LogP contribution >= 0.6 is 0 Å². The van der Waals surface area contributed by atoms with E-state index in [1.165, 1.54) is 12.8 Å². The van der Waals surface area contributed by atoms with E-state index in [4.69, 9.17) is 9.47 Å². The van der Waals surface area contributed by atoms with Crippen molar-refractivity contribution in [3.63, 3.8) is 0 Å². The molecule has 4 heteroatoms. The molecule has 0 aliphatic heterocycles. The third-order valence-electron chi connectivity index (χ3n) is 14.8. The fraction of sp³-hybridized carbons (Fsp3) is 0.737. The van der Waals surface area contributed by atoms with Crippen molar-refractivity contribution in [3.05, 3.63) is 47.5 Å². The molecule has 0 saturated heterocycles. The number of hydrogen-bond acceptors (Lipinski definition) is 4. The van der Waals surface area contributed by atoms with Gasteiger partial charge in [0.2, 0.25) is 0 Å². The van der Waals surface area contributed by atoms with Crippen molar-refractivity contribution in [2.75, 3.05) is 0 Å². The van der Waals surface area contributed by atoms with E-state index >= 15 is 0 Å². The van der Waals surface area contributed by atoms with Crippen LogP contribution in [0.15, 0.2) is 42.0 Å². The van der Waals surface area contributed by atoms with Crippen molar-refractivity contribution >= 4 is 12.4 Å². The Labute approximate surface area is 254 Å². The number of rotatable bonds is 5. The van der Waals surface area contributed by atoms with Crippen molar-refractivity contribution in [2.24, 2.45) is 56.7 Å². The van der Waals surface area contributed by atoms with Crippen LogP contribution in [-0.2, 0) is 25.7 Å². The van der Waals surface area contributed by atoms with E-state index in [2.05, 4.69) is 54.5 Å². The number of hydrogen-bond donors (Lipinski definition) is 0. The summed E-state index contributed by atoms with van der Waals surface area (Å²) in [6.45, 7) is 18.3. The second-order valence-corrected chi connectivity index (χ2v) is 16.4. The molecule has 4 nitrogen and oxygen atoms in total. The van der Waals surface area contributed by atoms with Crippen LogP contribution in [0, 0.1) is 56.7 Å². The first-order valence-electron chi connectivity index (χ1n) is 16.9. The predicted molar refractivity (Wildman–Crippen MR) is 166 cm³/mol. The molecule has 42 heavy (non-hydrogen) atoms. The Hall–Kier alpha value is -2.10. The van der Waals surface area contributed by atoms with Crippen LogP contribution in [-0.4, -0.2) is 18.5 Å². The molecule has 0 amide bonds. The van der Waals surface area contributed by atoms with Crippen LogP contribution in [0.3, 0.4) is 0 Å². The molecule has 0 aromatic heterocycles. The highest BCUT2D eigenvalue weighted by atomic mass is 16.5. The molecule has 0 N–H and O–H groups in total. The first kappa shape index (κ1) is 29.9. The van der Waals surface area contributed by atoms with E-state index in [1.807, 2.05) is 30.3 Å². The lowest BCUT2D eigenvalue weighted by Gasteiger charge is -2.71. The zero-order valence-electron chi connectivity index (χ0n) is 27.2. The number of esters is 1. The Bertz CT molecular complexity index is 1230. The highest BCUT2D eigenvalue weighted by molar-refractivity contribution is 5.79. The average Bonchev–Trinajstić information content (AvgIpc) is 2.96. The van der Waals surface area contributed by atoms with Crippen LogP contribution in [0.2, 0.25) is 0 Å². The number of allylic oxidation sites excluding steroid dienone is 2. The fourth-order valence-corrected chi connectivity index (χ4v) is 12.0. The van der Waals surface area contributed by atoms with Gasteiger partial charge in [-0.15, -0.1) is 0 Å². The Balaban J connectivity index is 1.36. The number of carbonyl (C=O) groups excluding carboxylic acids is 2. The van der Waals surface area contributed by atoms with Crippen LogP contribution in [0.4, 0.5) is 0 Å². The van der Waals surface area contributed by atoms with Gasteiger partial charge in [-0.25, -0.2) is 0 Å². The molecule has 0 radical (unpaired) electrons. The summed E-state index contributed by atoms with van der Waals surface area (Å²) < 4.78 is 11.9. The van der Waals surface area contributed by atoms with Gasteiger partial charge in [0.15, 0.2) is 0 Å². The monoisotopic (exact) mass is 574 g/mol. The van der Waals surface area contributed by atoms with E-state index in [0.29, 0.717) is 36.8 Å². The largest absolute Gasteiger partial charge is 0.464 e. The second-order valence-electron chi connectivity index (χ2n) is 16.4. The van der Waals surface area contributed by atoms with Crippen LogP contribution in [0.25, 0.3) is 0 Å².